The lowest BCUT2D eigenvalue weighted by Gasteiger charge is -2.21. The van der Waals surface area contributed by atoms with E-state index in [1.807, 2.05) is 0 Å². The largest absolute Gasteiger partial charge is 0.428 e. The molecule has 1 amide bonds. The molecule has 22 heavy (non-hydrogen) atoms. The number of hydrogen-bond donors (Lipinski definition) is 5. The third-order valence-electron chi connectivity index (χ3n) is 3.00. The number of rotatable bonds is 6. The van der Waals surface area contributed by atoms with Crippen molar-refractivity contribution in [1.82, 2.24) is 10.6 Å². The number of hydrogen-bond acceptors (Lipinski definition) is 7. The van der Waals surface area contributed by atoms with Crippen molar-refractivity contribution in [3.63, 3.8) is 0 Å². The van der Waals surface area contributed by atoms with Gasteiger partial charge in [-0.2, -0.15) is 0 Å². The molecule has 7 N–H and O–H groups in total. The molecular weight excluding hydrogens is 294 g/mol. The average molecular weight is 315 g/mol. The lowest BCUT2D eigenvalue weighted by molar-refractivity contribution is -0.173. The number of cyclic esters (lactones) is 2. The smallest absolute Gasteiger partial charge is 0.331 e. The van der Waals surface area contributed by atoms with Crippen LogP contribution in [0.2, 0.25) is 0 Å². The van der Waals surface area contributed by atoms with Crippen LogP contribution in [0.1, 0.15) is 25.7 Å². The fourth-order valence-electron chi connectivity index (χ4n) is 1.79. The van der Waals surface area contributed by atoms with E-state index < -0.39 is 36.7 Å². The van der Waals surface area contributed by atoms with Gasteiger partial charge in [0.1, 0.15) is 6.04 Å². The molecule has 0 unspecified atom stereocenters. The van der Waals surface area contributed by atoms with Crippen molar-refractivity contribution < 1.29 is 23.9 Å². The number of carbonyl (C=O) groups is 3. The van der Waals surface area contributed by atoms with Gasteiger partial charge in [0.15, 0.2) is 5.96 Å². The molecule has 1 rings (SSSR count). The average Bonchev–Trinajstić information content (AvgIpc) is 2.45. The molecule has 0 aromatic heterocycles. The van der Waals surface area contributed by atoms with Gasteiger partial charge in [-0.25, -0.2) is 4.79 Å². The summed E-state index contributed by atoms with van der Waals surface area (Å²) in [5, 5.41) is 12.0. The predicted molar refractivity (Wildman–Crippen MR) is 75.3 cm³/mol. The molecule has 10 nitrogen and oxygen atoms in total. The van der Waals surface area contributed by atoms with E-state index in [2.05, 4.69) is 20.1 Å². The summed E-state index contributed by atoms with van der Waals surface area (Å²) in [6.45, 7) is -0.0274. The highest BCUT2D eigenvalue weighted by atomic mass is 16.7. The molecule has 1 aliphatic heterocycles. The Morgan fingerprint density at radius 1 is 1.41 bits per heavy atom. The van der Waals surface area contributed by atoms with Crippen molar-refractivity contribution in [2.75, 3.05) is 13.3 Å². The van der Waals surface area contributed by atoms with E-state index in [0.717, 1.165) is 0 Å². The van der Waals surface area contributed by atoms with Gasteiger partial charge < -0.3 is 31.6 Å². The Hall–Kier alpha value is -2.36. The lowest BCUT2D eigenvalue weighted by atomic mass is 10.1. The van der Waals surface area contributed by atoms with E-state index in [1.165, 1.54) is 0 Å². The minimum absolute atomic E-state index is 0.0117. The molecule has 0 aliphatic carbocycles. The standard InChI is InChI=1S/C12H21N5O5/c13-7(2-1-5-16-12(14)15)10(19)17-8-3-4-9(18)21-6-22-11(8)20/h7-8H,1-6,13H2,(H,17,19)(H4,14,15,16)/t7-,8-/m0/s1. The third kappa shape index (κ3) is 6.39. The van der Waals surface area contributed by atoms with Crippen LogP contribution in [0.25, 0.3) is 0 Å². The first-order valence-corrected chi connectivity index (χ1v) is 6.86. The highest BCUT2D eigenvalue weighted by molar-refractivity contribution is 5.88. The van der Waals surface area contributed by atoms with Gasteiger partial charge in [-0.05, 0) is 19.3 Å². The highest BCUT2D eigenvalue weighted by Crippen LogP contribution is 2.07. The molecule has 124 valence electrons. The summed E-state index contributed by atoms with van der Waals surface area (Å²) in [6.07, 6.45) is 1.01. The summed E-state index contributed by atoms with van der Waals surface area (Å²) in [7, 11) is 0. The van der Waals surface area contributed by atoms with E-state index in [0.29, 0.717) is 19.4 Å². The molecule has 0 spiro atoms. The summed E-state index contributed by atoms with van der Waals surface area (Å²) in [6, 6.07) is -1.72. The molecule has 10 heteroatoms. The lowest BCUT2D eigenvalue weighted by Crippen LogP contribution is -2.49. The van der Waals surface area contributed by atoms with E-state index >= 15 is 0 Å². The number of nitrogens with one attached hydrogen (secondary N) is 3. The number of ether oxygens (including phenoxy) is 2. The Kier molecular flexibility index (Phi) is 7.09. The number of guanidine groups is 1. The van der Waals surface area contributed by atoms with Crippen molar-refractivity contribution >= 4 is 23.8 Å². The number of carbonyl (C=O) groups excluding carboxylic acids is 3. The van der Waals surface area contributed by atoms with E-state index in [4.69, 9.17) is 16.9 Å². The molecule has 0 aromatic rings. The molecule has 0 saturated carbocycles. The monoisotopic (exact) mass is 315 g/mol. The maximum absolute atomic E-state index is 11.9. The number of amides is 1. The summed E-state index contributed by atoms with van der Waals surface area (Å²) in [5.41, 5.74) is 10.8. The topological polar surface area (TPSA) is 170 Å². The first-order chi connectivity index (χ1) is 10.4. The third-order valence-corrected chi connectivity index (χ3v) is 3.00. The SMILES string of the molecule is N=C(N)NCCC[C@H](N)C(=O)N[C@H]1CCC(=O)OCOC1=O. The van der Waals surface area contributed by atoms with Gasteiger partial charge in [-0.3, -0.25) is 15.0 Å². The van der Waals surface area contributed by atoms with Crippen LogP contribution in [-0.2, 0) is 23.9 Å². The van der Waals surface area contributed by atoms with E-state index in [-0.39, 0.29) is 18.8 Å². The van der Waals surface area contributed by atoms with Gasteiger partial charge in [0, 0.05) is 13.0 Å². The van der Waals surface area contributed by atoms with Crippen molar-refractivity contribution in [2.24, 2.45) is 11.5 Å². The van der Waals surface area contributed by atoms with Crippen molar-refractivity contribution in [3.05, 3.63) is 0 Å². The van der Waals surface area contributed by atoms with Gasteiger partial charge >= 0.3 is 11.9 Å². The first-order valence-electron chi connectivity index (χ1n) is 6.86. The normalized spacial score (nSPS) is 20.0. The Labute approximate surface area is 127 Å². The Morgan fingerprint density at radius 2 is 2.14 bits per heavy atom. The van der Waals surface area contributed by atoms with E-state index in [1.54, 1.807) is 0 Å². The van der Waals surface area contributed by atoms with Gasteiger partial charge in [0.05, 0.1) is 6.04 Å². The van der Waals surface area contributed by atoms with Gasteiger partial charge in [-0.1, -0.05) is 0 Å². The van der Waals surface area contributed by atoms with E-state index in [9.17, 15) is 14.4 Å². The number of nitrogens with two attached hydrogens (primary N) is 2. The molecule has 1 saturated heterocycles. The van der Waals surface area contributed by atoms with Crippen molar-refractivity contribution in [2.45, 2.75) is 37.8 Å². The van der Waals surface area contributed by atoms with Crippen LogP contribution in [0, 0.1) is 5.41 Å². The molecule has 0 radical (unpaired) electrons. The molecule has 1 heterocycles. The predicted octanol–water partition coefficient (Wildman–Crippen LogP) is -2.10. The second-order valence-corrected chi connectivity index (χ2v) is 4.79. The van der Waals surface area contributed by atoms with Gasteiger partial charge in [0.25, 0.3) is 0 Å². The van der Waals surface area contributed by atoms with Crippen LogP contribution in [0.3, 0.4) is 0 Å². The quantitative estimate of drug-likeness (QED) is 0.161. The summed E-state index contributed by atoms with van der Waals surface area (Å²) in [5.74, 6) is -1.81. The second kappa shape index (κ2) is 8.82. The zero-order valence-corrected chi connectivity index (χ0v) is 12.1. The Balaban J connectivity index is 2.38. The molecule has 1 fully saturated rings. The first kappa shape index (κ1) is 17.7. The van der Waals surface area contributed by atoms with Crippen LogP contribution < -0.4 is 22.1 Å². The Morgan fingerprint density at radius 3 is 2.82 bits per heavy atom. The zero-order valence-electron chi connectivity index (χ0n) is 12.1. The van der Waals surface area contributed by atoms with Crippen molar-refractivity contribution in [1.29, 1.82) is 5.41 Å². The minimum Gasteiger partial charge on any atom is -0.428 e. The van der Waals surface area contributed by atoms with Crippen LogP contribution in [0.4, 0.5) is 0 Å². The number of esters is 2. The molecule has 1 aliphatic rings. The molecule has 2 atom stereocenters. The van der Waals surface area contributed by atoms with Gasteiger partial charge in [0.2, 0.25) is 12.7 Å². The van der Waals surface area contributed by atoms with Gasteiger partial charge in [-0.15, -0.1) is 0 Å². The molecular formula is C12H21N5O5. The summed E-state index contributed by atoms with van der Waals surface area (Å²) in [4.78, 5) is 34.7. The fraction of sp³-hybridized carbons (Fsp3) is 0.667. The highest BCUT2D eigenvalue weighted by Gasteiger charge is 2.27. The summed E-state index contributed by atoms with van der Waals surface area (Å²) < 4.78 is 9.27. The molecule has 0 bridgehead atoms. The zero-order chi connectivity index (χ0) is 16.5. The maximum Gasteiger partial charge on any atom is 0.331 e. The minimum atomic E-state index is -0.915. The van der Waals surface area contributed by atoms with Crippen molar-refractivity contribution in [3.8, 4) is 0 Å². The van der Waals surface area contributed by atoms with Crippen LogP contribution >= 0.6 is 0 Å². The fourth-order valence-corrected chi connectivity index (χ4v) is 1.79. The van der Waals surface area contributed by atoms with Crippen LogP contribution in [0.15, 0.2) is 0 Å². The maximum atomic E-state index is 11.9. The Bertz CT molecular complexity index is 442. The van der Waals surface area contributed by atoms with Crippen LogP contribution in [0.5, 0.6) is 0 Å². The summed E-state index contributed by atoms with van der Waals surface area (Å²) >= 11 is 0. The molecule has 0 aromatic carbocycles. The second-order valence-electron chi connectivity index (χ2n) is 4.79. The van der Waals surface area contributed by atoms with Crippen LogP contribution in [-0.4, -0.2) is 49.2 Å².